The zero-order valence-corrected chi connectivity index (χ0v) is 19.3. The van der Waals surface area contributed by atoms with E-state index in [1.54, 1.807) is 11.3 Å². The van der Waals surface area contributed by atoms with Gasteiger partial charge in [0.25, 0.3) is 0 Å². The van der Waals surface area contributed by atoms with Gasteiger partial charge < -0.3 is 4.57 Å². The number of fused-ring (bicyclic) bond motifs is 7. The quantitative estimate of drug-likeness (QED) is 0.268. The first-order valence-corrected chi connectivity index (χ1v) is 12.3. The average Bonchev–Trinajstić information content (AvgIpc) is 3.57. The van der Waals surface area contributed by atoms with Gasteiger partial charge in [-0.3, -0.25) is 9.55 Å². The van der Waals surface area contributed by atoms with Crippen LogP contribution in [0, 0.1) is 0 Å². The van der Waals surface area contributed by atoms with Gasteiger partial charge in [0, 0.05) is 17.3 Å². The van der Waals surface area contributed by atoms with Crippen molar-refractivity contribution in [2.75, 3.05) is 0 Å². The summed E-state index contributed by atoms with van der Waals surface area (Å²) in [5.41, 5.74) is 9.09. The highest BCUT2D eigenvalue weighted by molar-refractivity contribution is 7.20. The summed E-state index contributed by atoms with van der Waals surface area (Å²) < 4.78 is 5.68. The molecule has 8 aromatic rings. The van der Waals surface area contributed by atoms with E-state index in [4.69, 9.17) is 15.0 Å². The van der Waals surface area contributed by atoms with E-state index in [0.717, 1.165) is 60.3 Å². The van der Waals surface area contributed by atoms with Gasteiger partial charge >= 0.3 is 0 Å². The lowest BCUT2D eigenvalue weighted by atomic mass is 10.2. The number of pyridine rings is 2. The van der Waals surface area contributed by atoms with Gasteiger partial charge in [-0.2, -0.15) is 0 Å². The highest BCUT2D eigenvalue weighted by atomic mass is 32.1. The molecule has 0 saturated heterocycles. The van der Waals surface area contributed by atoms with E-state index < -0.39 is 0 Å². The molecule has 0 aliphatic rings. The Morgan fingerprint density at radius 2 is 1.34 bits per heavy atom. The van der Waals surface area contributed by atoms with Gasteiger partial charge in [-0.1, -0.05) is 59.9 Å². The number of rotatable bonds is 2. The molecule has 3 aromatic carbocycles. The minimum Gasteiger partial charge on any atom is -0.306 e. The van der Waals surface area contributed by atoms with E-state index in [-0.39, 0.29) is 0 Å². The van der Waals surface area contributed by atoms with Crippen LogP contribution in [0.5, 0.6) is 0 Å². The van der Waals surface area contributed by atoms with Gasteiger partial charge in [-0.15, -0.1) is 0 Å². The number of aromatic nitrogens is 5. The molecule has 0 radical (unpaired) electrons. The minimum atomic E-state index is 0.907. The van der Waals surface area contributed by atoms with Crippen LogP contribution in [0.3, 0.4) is 0 Å². The molecule has 0 aliphatic carbocycles. The number of thiazole rings is 1. The topological polar surface area (TPSA) is 48.5 Å². The van der Waals surface area contributed by atoms with Crippen LogP contribution in [-0.2, 0) is 0 Å². The molecule has 164 valence electrons. The summed E-state index contributed by atoms with van der Waals surface area (Å²) in [6, 6.07) is 33.5. The maximum Gasteiger partial charge on any atom is 0.195 e. The summed E-state index contributed by atoms with van der Waals surface area (Å²) in [6.45, 7) is 0. The Hall–Kier alpha value is -4.55. The minimum absolute atomic E-state index is 0.907. The number of nitrogens with zero attached hydrogens (tertiary/aromatic N) is 5. The third-order valence-corrected chi connectivity index (χ3v) is 7.63. The molecule has 5 aromatic heterocycles. The Kier molecular flexibility index (Phi) is 3.75. The first-order chi connectivity index (χ1) is 17.4. The van der Waals surface area contributed by atoms with Crippen LogP contribution in [-0.4, -0.2) is 24.1 Å². The fourth-order valence-electron chi connectivity index (χ4n) is 5.11. The molecule has 0 unspecified atom stereocenters. The molecule has 8 rings (SSSR count). The summed E-state index contributed by atoms with van der Waals surface area (Å²) in [5.74, 6) is 0. The Morgan fingerprint density at radius 1 is 0.571 bits per heavy atom. The highest BCUT2D eigenvalue weighted by Crippen LogP contribution is 2.38. The number of para-hydroxylation sites is 3. The molecule has 0 saturated carbocycles. The number of benzene rings is 3. The maximum atomic E-state index is 5.25. The van der Waals surface area contributed by atoms with Gasteiger partial charge in [0.05, 0.1) is 37.8 Å². The van der Waals surface area contributed by atoms with Crippen molar-refractivity contribution in [3.8, 4) is 10.8 Å². The second-order valence-electron chi connectivity index (χ2n) is 8.58. The molecular weight excluding hydrogens is 450 g/mol. The molecular formula is C29H17N5S. The molecule has 0 spiro atoms. The van der Waals surface area contributed by atoms with Crippen LogP contribution >= 0.6 is 11.3 Å². The fraction of sp³-hybridized carbons (Fsp3) is 0. The Balaban J connectivity index is 1.57. The summed E-state index contributed by atoms with van der Waals surface area (Å²) in [6.07, 6.45) is 1.84. The van der Waals surface area contributed by atoms with E-state index in [0.29, 0.717) is 0 Å². The molecule has 35 heavy (non-hydrogen) atoms. The highest BCUT2D eigenvalue weighted by Gasteiger charge is 2.21. The molecule has 0 N–H and O–H groups in total. The smallest absolute Gasteiger partial charge is 0.195 e. The maximum absolute atomic E-state index is 5.25. The lowest BCUT2D eigenvalue weighted by Gasteiger charge is -2.07. The fourth-order valence-corrected chi connectivity index (χ4v) is 6.10. The first kappa shape index (κ1) is 18.8. The number of hydrogen-bond donors (Lipinski definition) is 0. The van der Waals surface area contributed by atoms with Gasteiger partial charge in [0.15, 0.2) is 5.13 Å². The van der Waals surface area contributed by atoms with Gasteiger partial charge in [0.1, 0.15) is 11.0 Å². The zero-order chi connectivity index (χ0) is 22.9. The van der Waals surface area contributed by atoms with Crippen LogP contribution in [0.1, 0.15) is 0 Å². The molecule has 0 amide bonds. The van der Waals surface area contributed by atoms with Crippen molar-refractivity contribution in [1.82, 2.24) is 24.1 Å². The van der Waals surface area contributed by atoms with Crippen LogP contribution < -0.4 is 0 Å². The van der Waals surface area contributed by atoms with E-state index in [2.05, 4.69) is 88.0 Å². The largest absolute Gasteiger partial charge is 0.306 e. The molecule has 6 heteroatoms. The summed E-state index contributed by atoms with van der Waals surface area (Å²) in [7, 11) is 0. The van der Waals surface area contributed by atoms with E-state index in [1.165, 1.54) is 4.70 Å². The van der Waals surface area contributed by atoms with Crippen LogP contribution in [0.2, 0.25) is 0 Å². The molecule has 0 bridgehead atoms. The Morgan fingerprint density at radius 3 is 2.26 bits per heavy atom. The Labute approximate surface area is 203 Å². The SMILES string of the molecule is c1ccc(-n2c3cccnc3c3nc4c5ccccc5n(-c5nc6ccccc6s5)c4cc32)cc1. The van der Waals surface area contributed by atoms with Crippen LogP contribution in [0.4, 0.5) is 0 Å². The summed E-state index contributed by atoms with van der Waals surface area (Å²) >= 11 is 1.70. The third-order valence-electron chi connectivity index (χ3n) is 6.60. The van der Waals surface area contributed by atoms with Crippen molar-refractivity contribution in [2.24, 2.45) is 0 Å². The standard InChI is InChI=1S/C29H17N5S/c1-2-9-18(10-3-1)33-22-14-8-16-30-27(22)28-24(33)17-23-26(32-28)19-11-4-6-13-21(19)34(23)29-31-20-12-5-7-15-25(20)35-29/h1-17H. The Bertz CT molecular complexity index is 2030. The summed E-state index contributed by atoms with van der Waals surface area (Å²) in [5, 5.41) is 2.05. The van der Waals surface area contributed by atoms with Crippen molar-refractivity contribution < 1.29 is 0 Å². The average molecular weight is 468 g/mol. The van der Waals surface area contributed by atoms with Crippen LogP contribution in [0.15, 0.2) is 103 Å². The van der Waals surface area contributed by atoms with Crippen molar-refractivity contribution in [3.63, 3.8) is 0 Å². The molecule has 5 heterocycles. The monoisotopic (exact) mass is 467 g/mol. The molecule has 0 fully saturated rings. The van der Waals surface area contributed by atoms with Crippen molar-refractivity contribution >= 4 is 65.6 Å². The normalized spacial score (nSPS) is 12.0. The van der Waals surface area contributed by atoms with Crippen molar-refractivity contribution in [2.45, 2.75) is 0 Å². The predicted octanol–water partition coefficient (Wildman–Crippen LogP) is 7.28. The second-order valence-corrected chi connectivity index (χ2v) is 9.59. The molecule has 0 aliphatic heterocycles. The van der Waals surface area contributed by atoms with E-state index >= 15 is 0 Å². The second kappa shape index (κ2) is 6.98. The predicted molar refractivity (Wildman–Crippen MR) is 144 cm³/mol. The summed E-state index contributed by atoms with van der Waals surface area (Å²) in [4.78, 5) is 15.0. The lowest BCUT2D eigenvalue weighted by Crippen LogP contribution is -1.96. The van der Waals surface area contributed by atoms with Gasteiger partial charge in [-0.05, 0) is 48.5 Å². The van der Waals surface area contributed by atoms with Crippen molar-refractivity contribution in [1.29, 1.82) is 0 Å². The van der Waals surface area contributed by atoms with Crippen LogP contribution in [0.25, 0.3) is 65.0 Å². The third kappa shape index (κ3) is 2.60. The lowest BCUT2D eigenvalue weighted by molar-refractivity contribution is 1.14. The first-order valence-electron chi connectivity index (χ1n) is 11.5. The van der Waals surface area contributed by atoms with Gasteiger partial charge in [0.2, 0.25) is 0 Å². The molecule has 0 atom stereocenters. The van der Waals surface area contributed by atoms with Gasteiger partial charge in [-0.25, -0.2) is 9.97 Å². The zero-order valence-electron chi connectivity index (χ0n) is 18.5. The van der Waals surface area contributed by atoms with E-state index in [9.17, 15) is 0 Å². The number of hydrogen-bond acceptors (Lipinski definition) is 4. The van der Waals surface area contributed by atoms with E-state index in [1.807, 2.05) is 24.4 Å². The van der Waals surface area contributed by atoms with Crippen molar-refractivity contribution in [3.05, 3.63) is 103 Å². The molecule has 5 nitrogen and oxygen atoms in total.